The molecular formula is C22H23ClN6O4S. The normalized spacial score (nSPS) is 21.3. The molecule has 5 rings (SSSR count). The van der Waals surface area contributed by atoms with Crippen LogP contribution in [-0.4, -0.2) is 60.9 Å². The van der Waals surface area contributed by atoms with Crippen LogP contribution in [0.3, 0.4) is 0 Å². The number of hydrogen-bond donors (Lipinski definition) is 2. The van der Waals surface area contributed by atoms with Crippen molar-refractivity contribution in [2.24, 2.45) is 11.8 Å². The quantitative estimate of drug-likeness (QED) is 0.495. The molecule has 1 saturated carbocycles. The van der Waals surface area contributed by atoms with Gasteiger partial charge in [0.05, 0.1) is 22.3 Å². The minimum Gasteiger partial charge on any atom is -0.474 e. The number of thiazole rings is 1. The number of carboxylic acid groups (broad SMARTS) is 1. The number of piperidine rings is 1. The number of carbonyl (C=O) groups excluding carboxylic acids is 1. The number of ether oxygens (including phenoxy) is 1. The number of halogens is 1. The Morgan fingerprint density at radius 3 is 2.68 bits per heavy atom. The lowest BCUT2D eigenvalue weighted by atomic mass is 9.95. The van der Waals surface area contributed by atoms with E-state index in [9.17, 15) is 9.59 Å². The second-order valence-electron chi connectivity index (χ2n) is 9.11. The second kappa shape index (κ2) is 8.24. The molecule has 3 aromatic rings. The Morgan fingerprint density at radius 1 is 1.29 bits per heavy atom. The van der Waals surface area contributed by atoms with Gasteiger partial charge in [0.2, 0.25) is 5.88 Å². The van der Waals surface area contributed by atoms with Gasteiger partial charge in [-0.3, -0.25) is 4.79 Å². The third-order valence-corrected chi connectivity index (χ3v) is 7.12. The van der Waals surface area contributed by atoms with Gasteiger partial charge in [-0.25, -0.2) is 19.4 Å². The van der Waals surface area contributed by atoms with Gasteiger partial charge in [0.1, 0.15) is 11.3 Å². The number of likely N-dealkylation sites (tertiary alicyclic amines) is 1. The van der Waals surface area contributed by atoms with Crippen LogP contribution < -0.4 is 10.1 Å². The average Bonchev–Trinajstić information content (AvgIpc) is 3.26. The standard InChI is InChI=1S/C22H23ClN6O4S/c1-11-13(8-29(27-11)17-9-34-10-24-17)20(30)28-6-14-15(7-28)19(14)33-18-5-12(4-16(23)25-18)22(2,3)26-21(31)32/h4-5,8-10,14-15,19,26H,6-7H2,1-3H3,(H,31,32)/t14-,15+,19?. The first-order valence-electron chi connectivity index (χ1n) is 10.7. The van der Waals surface area contributed by atoms with E-state index in [1.54, 1.807) is 42.4 Å². The monoisotopic (exact) mass is 502 g/mol. The van der Waals surface area contributed by atoms with Crippen molar-refractivity contribution in [1.82, 2.24) is 30.0 Å². The summed E-state index contributed by atoms with van der Waals surface area (Å²) in [5, 5.41) is 18.1. The first-order valence-corrected chi connectivity index (χ1v) is 12.0. The Hall–Kier alpha value is -3.18. The predicted molar refractivity (Wildman–Crippen MR) is 125 cm³/mol. The van der Waals surface area contributed by atoms with Crippen LogP contribution in [0, 0.1) is 18.8 Å². The minimum absolute atomic E-state index is 0.0467. The first-order chi connectivity index (χ1) is 16.1. The fourth-order valence-electron chi connectivity index (χ4n) is 4.46. The van der Waals surface area contributed by atoms with Gasteiger partial charge < -0.3 is 20.1 Å². The molecule has 3 aromatic heterocycles. The van der Waals surface area contributed by atoms with Crippen molar-refractivity contribution >= 4 is 34.9 Å². The number of fused-ring (bicyclic) bond motifs is 1. The Balaban J connectivity index is 1.23. The third-order valence-electron chi connectivity index (χ3n) is 6.35. The zero-order valence-corrected chi connectivity index (χ0v) is 20.3. The summed E-state index contributed by atoms with van der Waals surface area (Å²) < 4.78 is 7.72. The number of rotatable bonds is 6. The molecule has 1 aliphatic carbocycles. The maximum Gasteiger partial charge on any atom is 0.405 e. The Bertz CT molecular complexity index is 1250. The van der Waals surface area contributed by atoms with Crippen molar-refractivity contribution in [2.45, 2.75) is 32.4 Å². The highest BCUT2D eigenvalue weighted by Crippen LogP contribution is 2.48. The van der Waals surface area contributed by atoms with E-state index >= 15 is 0 Å². The lowest BCUT2D eigenvalue weighted by Crippen LogP contribution is -2.40. The summed E-state index contributed by atoms with van der Waals surface area (Å²) in [6, 6.07) is 3.32. The number of aryl methyl sites for hydroxylation is 1. The molecule has 178 valence electrons. The van der Waals surface area contributed by atoms with Crippen LogP contribution in [0.2, 0.25) is 5.15 Å². The Labute approximate surface area is 204 Å². The van der Waals surface area contributed by atoms with E-state index < -0.39 is 11.6 Å². The molecule has 0 radical (unpaired) electrons. The molecule has 0 spiro atoms. The average molecular weight is 503 g/mol. The van der Waals surface area contributed by atoms with Gasteiger partial charge in [-0.15, -0.1) is 11.3 Å². The molecule has 0 bridgehead atoms. The van der Waals surface area contributed by atoms with Gasteiger partial charge in [0.25, 0.3) is 5.91 Å². The van der Waals surface area contributed by atoms with Crippen molar-refractivity contribution in [1.29, 1.82) is 0 Å². The number of amides is 2. The molecule has 0 aromatic carbocycles. The van der Waals surface area contributed by atoms with Crippen molar-refractivity contribution in [3.63, 3.8) is 0 Å². The lowest BCUT2D eigenvalue weighted by molar-refractivity contribution is 0.0750. The Kier molecular flexibility index (Phi) is 5.48. The van der Waals surface area contributed by atoms with E-state index in [0.29, 0.717) is 41.6 Å². The van der Waals surface area contributed by atoms with E-state index in [4.69, 9.17) is 21.4 Å². The highest BCUT2D eigenvalue weighted by atomic mass is 35.5. The summed E-state index contributed by atoms with van der Waals surface area (Å²) >= 11 is 7.64. The number of nitrogens with one attached hydrogen (secondary N) is 1. The summed E-state index contributed by atoms with van der Waals surface area (Å²) in [6.07, 6.45) is 0.543. The zero-order valence-electron chi connectivity index (χ0n) is 18.7. The first kappa shape index (κ1) is 22.6. The number of aromatic nitrogens is 4. The second-order valence-corrected chi connectivity index (χ2v) is 10.2. The van der Waals surface area contributed by atoms with Crippen LogP contribution in [-0.2, 0) is 5.54 Å². The lowest BCUT2D eigenvalue weighted by Gasteiger charge is -2.26. The molecule has 1 aliphatic heterocycles. The zero-order chi connectivity index (χ0) is 24.2. The van der Waals surface area contributed by atoms with Gasteiger partial charge in [0, 0.05) is 42.6 Å². The fraction of sp³-hybridized carbons (Fsp3) is 0.409. The van der Waals surface area contributed by atoms with Gasteiger partial charge in [-0.1, -0.05) is 11.6 Å². The molecular weight excluding hydrogens is 480 g/mol. The van der Waals surface area contributed by atoms with Crippen LogP contribution in [0.4, 0.5) is 4.79 Å². The highest BCUT2D eigenvalue weighted by Gasteiger charge is 2.59. The van der Waals surface area contributed by atoms with E-state index in [-0.39, 0.29) is 29.0 Å². The molecule has 4 heterocycles. The molecule has 1 unspecified atom stereocenters. The van der Waals surface area contributed by atoms with Gasteiger partial charge in [-0.05, 0) is 32.4 Å². The smallest absolute Gasteiger partial charge is 0.405 e. The van der Waals surface area contributed by atoms with Crippen LogP contribution in [0.15, 0.2) is 29.2 Å². The summed E-state index contributed by atoms with van der Waals surface area (Å²) in [4.78, 5) is 34.5. The Morgan fingerprint density at radius 2 is 2.03 bits per heavy atom. The minimum atomic E-state index is -1.13. The van der Waals surface area contributed by atoms with Crippen LogP contribution in [0.25, 0.3) is 5.82 Å². The van der Waals surface area contributed by atoms with E-state index in [0.717, 1.165) is 0 Å². The molecule has 2 N–H and O–H groups in total. The number of carbonyl (C=O) groups is 2. The van der Waals surface area contributed by atoms with E-state index in [1.165, 1.54) is 11.3 Å². The summed E-state index contributed by atoms with van der Waals surface area (Å²) in [5.41, 5.74) is 2.75. The number of nitrogens with zero attached hydrogens (tertiary/aromatic N) is 5. The summed E-state index contributed by atoms with van der Waals surface area (Å²) in [7, 11) is 0. The van der Waals surface area contributed by atoms with Gasteiger partial charge >= 0.3 is 6.09 Å². The van der Waals surface area contributed by atoms with Gasteiger partial charge in [-0.2, -0.15) is 5.10 Å². The molecule has 10 nitrogen and oxygen atoms in total. The van der Waals surface area contributed by atoms with Crippen molar-refractivity contribution in [3.05, 3.63) is 51.2 Å². The fourth-order valence-corrected chi connectivity index (χ4v) is 5.18. The molecule has 2 aliphatic rings. The van der Waals surface area contributed by atoms with Crippen LogP contribution in [0.5, 0.6) is 5.88 Å². The van der Waals surface area contributed by atoms with Gasteiger partial charge in [0.15, 0.2) is 5.82 Å². The molecule has 2 fully saturated rings. The summed E-state index contributed by atoms with van der Waals surface area (Å²) in [6.45, 7) is 6.49. The van der Waals surface area contributed by atoms with E-state index in [2.05, 4.69) is 20.4 Å². The predicted octanol–water partition coefficient (Wildman–Crippen LogP) is 3.34. The van der Waals surface area contributed by atoms with E-state index in [1.807, 2.05) is 17.2 Å². The molecule has 12 heteroatoms. The van der Waals surface area contributed by atoms with Crippen LogP contribution in [0.1, 0.15) is 35.5 Å². The maximum absolute atomic E-state index is 13.1. The number of hydrogen-bond acceptors (Lipinski definition) is 7. The molecule has 3 atom stereocenters. The van der Waals surface area contributed by atoms with Crippen molar-refractivity contribution < 1.29 is 19.4 Å². The summed E-state index contributed by atoms with van der Waals surface area (Å²) in [5.74, 6) is 1.43. The molecule has 2 amide bonds. The SMILES string of the molecule is Cc1nn(-c2cscn2)cc1C(=O)N1C[C@@H]2C(Oc3cc(C(C)(C)NC(=O)O)cc(Cl)n3)[C@@H]2C1. The topological polar surface area (TPSA) is 122 Å². The molecule has 1 saturated heterocycles. The highest BCUT2D eigenvalue weighted by molar-refractivity contribution is 7.07. The molecule has 34 heavy (non-hydrogen) atoms. The van der Waals surface area contributed by atoms with Crippen molar-refractivity contribution in [2.75, 3.05) is 13.1 Å². The van der Waals surface area contributed by atoms with Crippen LogP contribution >= 0.6 is 22.9 Å². The number of pyridine rings is 1. The largest absolute Gasteiger partial charge is 0.474 e. The maximum atomic E-state index is 13.1. The van der Waals surface area contributed by atoms with Crippen molar-refractivity contribution in [3.8, 4) is 11.7 Å². The third kappa shape index (κ3) is 4.21.